The maximum Gasteiger partial charge on any atom is 0.344 e. The normalized spacial score (nSPS) is 17.6. The molecule has 38 heavy (non-hydrogen) atoms. The molecule has 0 unspecified atom stereocenters. The fourth-order valence-corrected chi connectivity index (χ4v) is 5.15. The number of methoxy groups -OCH3 is 4. The van der Waals surface area contributed by atoms with E-state index in [1.54, 1.807) is 42.5 Å². The zero-order chi connectivity index (χ0) is 27.6. The van der Waals surface area contributed by atoms with E-state index in [1.165, 1.54) is 14.2 Å². The van der Waals surface area contributed by atoms with Crippen LogP contribution in [0.15, 0.2) is 42.5 Å². The minimum atomic E-state index is -2.03. The van der Waals surface area contributed by atoms with Crippen molar-refractivity contribution in [2.24, 2.45) is 5.92 Å². The van der Waals surface area contributed by atoms with Crippen molar-refractivity contribution in [2.75, 3.05) is 35.0 Å². The Hall–Kier alpha value is -4.41. The molecule has 2 aliphatic heterocycles. The summed E-state index contributed by atoms with van der Waals surface area (Å²) in [5.74, 6) is -3.39. The molecular weight excluding hydrogens is 496 g/mol. The maximum atomic E-state index is 13.4. The molecule has 2 aliphatic rings. The number of likely N-dealkylation sites (tertiary alicyclic amines) is 1. The lowest BCUT2D eigenvalue weighted by atomic mass is 9.70. The predicted molar refractivity (Wildman–Crippen MR) is 131 cm³/mol. The molecule has 0 radical (unpaired) electrons. The zero-order valence-corrected chi connectivity index (χ0v) is 21.5. The minimum Gasteiger partial charge on any atom is -0.497 e. The van der Waals surface area contributed by atoms with Gasteiger partial charge in [-0.1, -0.05) is 12.1 Å². The summed E-state index contributed by atoms with van der Waals surface area (Å²) in [5, 5.41) is 0. The monoisotopic (exact) mass is 524 g/mol. The first-order valence-corrected chi connectivity index (χ1v) is 11.9. The van der Waals surface area contributed by atoms with Gasteiger partial charge >= 0.3 is 11.9 Å². The third-order valence-corrected chi connectivity index (χ3v) is 7.06. The molecule has 200 valence electrons. The summed E-state index contributed by atoms with van der Waals surface area (Å²) in [7, 11) is 5.20. The minimum absolute atomic E-state index is 0.0147. The van der Waals surface area contributed by atoms with Gasteiger partial charge in [-0.15, -0.1) is 0 Å². The molecule has 0 aromatic heterocycles. The van der Waals surface area contributed by atoms with Crippen LogP contribution in [0.4, 0.5) is 0 Å². The van der Waals surface area contributed by atoms with Crippen LogP contribution in [-0.4, -0.2) is 80.0 Å². The van der Waals surface area contributed by atoms with E-state index in [0.29, 0.717) is 28.2 Å². The largest absolute Gasteiger partial charge is 0.497 e. The van der Waals surface area contributed by atoms with Crippen LogP contribution in [0.2, 0.25) is 0 Å². The number of hydrogen-bond acceptors (Lipinski definition) is 9. The number of fused-ring (bicyclic) bond motifs is 1. The van der Waals surface area contributed by atoms with Crippen LogP contribution in [0.1, 0.15) is 39.1 Å². The molecule has 0 N–H and O–H groups in total. The number of carbonyl (C=O) groups is 5. The molecule has 2 aromatic carbocycles. The Morgan fingerprint density at radius 3 is 2.00 bits per heavy atom. The molecule has 0 bridgehead atoms. The molecule has 3 amide bonds. The van der Waals surface area contributed by atoms with Crippen molar-refractivity contribution < 1.29 is 42.9 Å². The van der Waals surface area contributed by atoms with E-state index in [0.717, 1.165) is 24.0 Å². The third-order valence-electron chi connectivity index (χ3n) is 7.06. The lowest BCUT2D eigenvalue weighted by molar-refractivity contribution is -0.203. The Balaban J connectivity index is 1.57. The van der Waals surface area contributed by atoms with Crippen molar-refractivity contribution >= 4 is 29.7 Å². The Bertz CT molecular complexity index is 1250. The fourth-order valence-electron chi connectivity index (χ4n) is 5.15. The lowest BCUT2D eigenvalue weighted by Crippen LogP contribution is -2.78. The molecule has 1 fully saturated rings. The molecular formula is C27H28N2O9. The van der Waals surface area contributed by atoms with Gasteiger partial charge < -0.3 is 23.8 Å². The van der Waals surface area contributed by atoms with Gasteiger partial charge in [-0.05, 0) is 37.1 Å². The number of nitrogens with zero attached hydrogens (tertiary/aromatic N) is 2. The number of benzene rings is 2. The lowest BCUT2D eigenvalue weighted by Gasteiger charge is -2.53. The van der Waals surface area contributed by atoms with Crippen LogP contribution in [0, 0.1) is 5.92 Å². The summed E-state index contributed by atoms with van der Waals surface area (Å²) < 4.78 is 20.6. The number of carbonyl (C=O) groups excluding carboxylic acids is 5. The molecule has 0 saturated carbocycles. The Morgan fingerprint density at radius 2 is 1.47 bits per heavy atom. The summed E-state index contributed by atoms with van der Waals surface area (Å²) in [6, 6.07) is 11.5. The average Bonchev–Trinajstić information content (AvgIpc) is 3.19. The molecule has 0 spiro atoms. The standard InChI is InChI=1S/C27H28N2O9/c1-35-17-12-11-16(21(14-17)36-2)15-29-24(32)20(27(29,25(33)37-3)26(34)38-4)10-7-13-28-22(30)18-8-5-6-9-19(18)23(28)31/h5-6,8-9,11-12,14,20H,7,10,13,15H2,1-4H3/t20-/m0/s1. The zero-order valence-electron chi connectivity index (χ0n) is 21.5. The predicted octanol–water partition coefficient (Wildman–Crippen LogP) is 1.82. The van der Waals surface area contributed by atoms with Gasteiger partial charge in [0.05, 0.1) is 52.0 Å². The molecule has 0 aliphatic carbocycles. The fraction of sp³-hybridized carbons (Fsp3) is 0.370. The second-order valence-electron chi connectivity index (χ2n) is 8.85. The first-order chi connectivity index (χ1) is 18.3. The van der Waals surface area contributed by atoms with Crippen molar-refractivity contribution in [2.45, 2.75) is 24.9 Å². The molecule has 1 atom stereocenters. The van der Waals surface area contributed by atoms with Crippen LogP contribution in [0.25, 0.3) is 0 Å². The van der Waals surface area contributed by atoms with Crippen molar-refractivity contribution in [3.05, 3.63) is 59.2 Å². The number of imide groups is 1. The summed E-state index contributed by atoms with van der Waals surface area (Å²) >= 11 is 0. The van der Waals surface area contributed by atoms with E-state index >= 15 is 0 Å². The van der Waals surface area contributed by atoms with Crippen molar-refractivity contribution in [3.63, 3.8) is 0 Å². The molecule has 2 heterocycles. The van der Waals surface area contributed by atoms with Crippen molar-refractivity contribution in [1.82, 2.24) is 9.80 Å². The molecule has 2 aromatic rings. The third kappa shape index (κ3) is 4.04. The van der Waals surface area contributed by atoms with E-state index in [4.69, 9.17) is 18.9 Å². The van der Waals surface area contributed by atoms with Crippen LogP contribution < -0.4 is 9.47 Å². The smallest absolute Gasteiger partial charge is 0.344 e. The van der Waals surface area contributed by atoms with Gasteiger partial charge in [0.25, 0.3) is 17.4 Å². The SMILES string of the molecule is COC(=O)C1(C(=O)OC)[C@@H](CCCN2C(=O)c3ccccc3C2=O)C(=O)N1Cc1ccc(OC)cc1OC. The second kappa shape index (κ2) is 10.5. The topological polar surface area (TPSA) is 129 Å². The highest BCUT2D eigenvalue weighted by atomic mass is 16.6. The van der Waals surface area contributed by atoms with Gasteiger partial charge in [-0.3, -0.25) is 19.3 Å². The average molecular weight is 525 g/mol. The van der Waals surface area contributed by atoms with Crippen molar-refractivity contribution in [1.29, 1.82) is 0 Å². The first-order valence-electron chi connectivity index (χ1n) is 11.9. The van der Waals surface area contributed by atoms with E-state index in [-0.39, 0.29) is 25.9 Å². The van der Waals surface area contributed by atoms with Gasteiger partial charge in [-0.25, -0.2) is 9.59 Å². The van der Waals surface area contributed by atoms with Gasteiger partial charge in [0.15, 0.2) is 0 Å². The molecule has 11 nitrogen and oxygen atoms in total. The number of β-lactam (4-membered cyclic amide) rings is 1. The molecule has 4 rings (SSSR count). The van der Waals surface area contributed by atoms with Crippen molar-refractivity contribution in [3.8, 4) is 11.5 Å². The van der Waals surface area contributed by atoms with E-state index in [2.05, 4.69) is 0 Å². The van der Waals surface area contributed by atoms with Crippen LogP contribution >= 0.6 is 0 Å². The number of esters is 2. The summed E-state index contributed by atoms with van der Waals surface area (Å²) in [5.41, 5.74) is -0.873. The Kier molecular flexibility index (Phi) is 7.38. The Morgan fingerprint density at radius 1 is 0.868 bits per heavy atom. The quantitative estimate of drug-likeness (QED) is 0.198. The van der Waals surface area contributed by atoms with E-state index < -0.39 is 41.1 Å². The van der Waals surface area contributed by atoms with Crippen LogP contribution in [-0.2, 0) is 30.4 Å². The Labute approximate surface area is 219 Å². The number of amides is 3. The highest BCUT2D eigenvalue weighted by Gasteiger charge is 2.71. The number of rotatable bonds is 10. The molecule has 11 heteroatoms. The summed E-state index contributed by atoms with van der Waals surface area (Å²) in [4.78, 5) is 67.2. The van der Waals surface area contributed by atoms with Gasteiger partial charge in [0, 0.05) is 18.2 Å². The summed E-state index contributed by atoms with van der Waals surface area (Å²) in [6.07, 6.45) is 0.212. The van der Waals surface area contributed by atoms with Crippen LogP contribution in [0.5, 0.6) is 11.5 Å². The number of ether oxygens (including phenoxy) is 4. The van der Waals surface area contributed by atoms with Gasteiger partial charge in [0.2, 0.25) is 5.91 Å². The van der Waals surface area contributed by atoms with E-state index in [1.807, 2.05) is 0 Å². The van der Waals surface area contributed by atoms with Gasteiger partial charge in [-0.2, -0.15) is 0 Å². The maximum absolute atomic E-state index is 13.4. The van der Waals surface area contributed by atoms with Crippen LogP contribution in [0.3, 0.4) is 0 Å². The highest BCUT2D eigenvalue weighted by molar-refractivity contribution is 6.21. The second-order valence-corrected chi connectivity index (χ2v) is 8.85. The summed E-state index contributed by atoms with van der Waals surface area (Å²) in [6.45, 7) is -0.119. The first kappa shape index (κ1) is 26.6. The number of hydrogen-bond donors (Lipinski definition) is 0. The van der Waals surface area contributed by atoms with Gasteiger partial charge in [0.1, 0.15) is 11.5 Å². The van der Waals surface area contributed by atoms with E-state index in [9.17, 15) is 24.0 Å². The molecule has 1 saturated heterocycles. The highest BCUT2D eigenvalue weighted by Crippen LogP contribution is 2.45.